The SMILES string of the molecule is C[S@](=O)[C@](C)(C#N)CCCCl. The molecule has 4 heteroatoms. The third-order valence-electron chi connectivity index (χ3n) is 1.66. The molecule has 0 aromatic carbocycles. The molecule has 0 aliphatic rings. The van der Waals surface area contributed by atoms with Gasteiger partial charge in [-0.15, -0.1) is 11.6 Å². The van der Waals surface area contributed by atoms with E-state index in [1.807, 2.05) is 0 Å². The van der Waals surface area contributed by atoms with Crippen LogP contribution in [-0.2, 0) is 10.8 Å². The molecule has 0 saturated heterocycles. The molecule has 0 unspecified atom stereocenters. The maximum Gasteiger partial charge on any atom is 0.129 e. The van der Waals surface area contributed by atoms with Crippen molar-refractivity contribution < 1.29 is 4.21 Å². The second-order valence-electron chi connectivity index (χ2n) is 2.59. The molecule has 0 radical (unpaired) electrons. The molecule has 0 rings (SSSR count). The van der Waals surface area contributed by atoms with Gasteiger partial charge in [0.15, 0.2) is 0 Å². The smallest absolute Gasteiger partial charge is 0.129 e. The molecule has 0 heterocycles. The first kappa shape index (κ1) is 10.9. The minimum Gasteiger partial charge on any atom is -0.258 e. The summed E-state index contributed by atoms with van der Waals surface area (Å²) in [6, 6.07) is 2.05. The normalized spacial score (nSPS) is 18.4. The van der Waals surface area contributed by atoms with Crippen LogP contribution in [0.15, 0.2) is 0 Å². The Kier molecular flexibility index (Phi) is 4.71. The molecule has 0 bridgehead atoms. The van der Waals surface area contributed by atoms with E-state index in [4.69, 9.17) is 16.9 Å². The number of nitrogens with zero attached hydrogens (tertiary/aromatic N) is 1. The van der Waals surface area contributed by atoms with Crippen molar-refractivity contribution in [2.75, 3.05) is 12.1 Å². The highest BCUT2D eigenvalue weighted by atomic mass is 35.5. The summed E-state index contributed by atoms with van der Waals surface area (Å²) < 4.78 is 10.3. The van der Waals surface area contributed by atoms with Gasteiger partial charge in [0.05, 0.1) is 6.07 Å². The molecule has 2 atom stereocenters. The van der Waals surface area contributed by atoms with Crippen molar-refractivity contribution in [1.29, 1.82) is 5.26 Å². The summed E-state index contributed by atoms with van der Waals surface area (Å²) in [6.07, 6.45) is 2.90. The van der Waals surface area contributed by atoms with Gasteiger partial charge in [0.1, 0.15) is 4.75 Å². The zero-order chi connectivity index (χ0) is 8.91. The first-order valence-electron chi connectivity index (χ1n) is 3.37. The van der Waals surface area contributed by atoms with Gasteiger partial charge in [-0.25, -0.2) is 0 Å². The fraction of sp³-hybridized carbons (Fsp3) is 0.857. The predicted octanol–water partition coefficient (Wildman–Crippen LogP) is 1.67. The average Bonchev–Trinajstić information content (AvgIpc) is 2.00. The van der Waals surface area contributed by atoms with E-state index < -0.39 is 15.5 Å². The number of alkyl halides is 1. The van der Waals surface area contributed by atoms with Crippen LogP contribution >= 0.6 is 11.6 Å². The summed E-state index contributed by atoms with van der Waals surface area (Å²) in [5.41, 5.74) is 0. The summed E-state index contributed by atoms with van der Waals surface area (Å²) in [7, 11) is -1.09. The maximum atomic E-state index is 11.0. The second kappa shape index (κ2) is 4.74. The molecule has 0 aliphatic heterocycles. The van der Waals surface area contributed by atoms with E-state index in [1.54, 1.807) is 13.2 Å². The van der Waals surface area contributed by atoms with Crippen LogP contribution in [0.3, 0.4) is 0 Å². The number of hydrogen-bond donors (Lipinski definition) is 0. The lowest BCUT2D eigenvalue weighted by molar-refractivity contribution is 0.630. The highest BCUT2D eigenvalue weighted by Crippen LogP contribution is 2.18. The summed E-state index contributed by atoms with van der Waals surface area (Å²) in [5.74, 6) is 0.522. The van der Waals surface area contributed by atoms with Gasteiger partial charge in [-0.05, 0) is 19.8 Å². The molecule has 0 aromatic rings. The lowest BCUT2D eigenvalue weighted by Crippen LogP contribution is -2.27. The Morgan fingerprint density at radius 3 is 2.55 bits per heavy atom. The Labute approximate surface area is 75.0 Å². The largest absolute Gasteiger partial charge is 0.258 e. The lowest BCUT2D eigenvalue weighted by atomic mass is 10.1. The standard InChI is InChI=1S/C7H12ClNOS/c1-7(6-9,11(2)10)4-3-5-8/h3-5H2,1-2H3/t7-,11-/m0/s1. The first-order valence-corrected chi connectivity index (χ1v) is 5.47. The predicted molar refractivity (Wildman–Crippen MR) is 48.0 cm³/mol. The number of hydrogen-bond acceptors (Lipinski definition) is 2. The van der Waals surface area contributed by atoms with Crippen molar-refractivity contribution >= 4 is 22.4 Å². The van der Waals surface area contributed by atoms with Crippen LogP contribution in [0.1, 0.15) is 19.8 Å². The molecule has 0 fully saturated rings. The molecular weight excluding hydrogens is 182 g/mol. The van der Waals surface area contributed by atoms with Gasteiger partial charge in [-0.2, -0.15) is 5.26 Å². The molecule has 0 aliphatic carbocycles. The fourth-order valence-electron chi connectivity index (χ4n) is 0.668. The Bertz CT molecular complexity index is 189. The first-order chi connectivity index (χ1) is 5.06. The van der Waals surface area contributed by atoms with E-state index in [0.29, 0.717) is 12.3 Å². The van der Waals surface area contributed by atoms with Gasteiger partial charge in [0.25, 0.3) is 0 Å². The van der Waals surface area contributed by atoms with Crippen LogP contribution < -0.4 is 0 Å². The van der Waals surface area contributed by atoms with Crippen LogP contribution in [0.25, 0.3) is 0 Å². The zero-order valence-corrected chi connectivity index (χ0v) is 8.34. The lowest BCUT2D eigenvalue weighted by Gasteiger charge is -2.16. The van der Waals surface area contributed by atoms with E-state index in [0.717, 1.165) is 6.42 Å². The van der Waals surface area contributed by atoms with Crippen molar-refractivity contribution in [3.05, 3.63) is 0 Å². The van der Waals surface area contributed by atoms with Crippen LogP contribution in [0, 0.1) is 11.3 Å². The van der Waals surface area contributed by atoms with Gasteiger partial charge in [0, 0.05) is 22.9 Å². The van der Waals surface area contributed by atoms with Crippen molar-refractivity contribution in [2.45, 2.75) is 24.5 Å². The summed E-state index contributed by atoms with van der Waals surface area (Å²) >= 11 is 5.46. The third-order valence-corrected chi connectivity index (χ3v) is 3.49. The van der Waals surface area contributed by atoms with Gasteiger partial charge in [0.2, 0.25) is 0 Å². The van der Waals surface area contributed by atoms with Crippen LogP contribution in [0.2, 0.25) is 0 Å². The summed E-state index contributed by atoms with van der Waals surface area (Å²) in [6.45, 7) is 1.70. The Morgan fingerprint density at radius 1 is 1.73 bits per heavy atom. The second-order valence-corrected chi connectivity index (χ2v) is 4.78. The van der Waals surface area contributed by atoms with Crippen molar-refractivity contribution in [1.82, 2.24) is 0 Å². The van der Waals surface area contributed by atoms with Gasteiger partial charge >= 0.3 is 0 Å². The van der Waals surface area contributed by atoms with E-state index in [1.165, 1.54) is 0 Å². The fourth-order valence-corrected chi connectivity index (χ4v) is 1.36. The van der Waals surface area contributed by atoms with Gasteiger partial charge in [-0.3, -0.25) is 4.21 Å². The third kappa shape index (κ3) is 3.22. The van der Waals surface area contributed by atoms with E-state index in [9.17, 15) is 4.21 Å². The molecule has 2 nitrogen and oxygen atoms in total. The summed E-state index contributed by atoms with van der Waals surface area (Å²) in [4.78, 5) is 0. The number of rotatable bonds is 4. The maximum absolute atomic E-state index is 11.0. The molecule has 0 N–H and O–H groups in total. The molecule has 11 heavy (non-hydrogen) atoms. The quantitative estimate of drug-likeness (QED) is 0.638. The van der Waals surface area contributed by atoms with Gasteiger partial charge in [-0.1, -0.05) is 0 Å². The van der Waals surface area contributed by atoms with E-state index in [-0.39, 0.29) is 0 Å². The van der Waals surface area contributed by atoms with Crippen LogP contribution in [0.4, 0.5) is 0 Å². The summed E-state index contributed by atoms with van der Waals surface area (Å²) in [5, 5.41) is 8.70. The van der Waals surface area contributed by atoms with E-state index in [2.05, 4.69) is 6.07 Å². The van der Waals surface area contributed by atoms with Crippen molar-refractivity contribution in [3.8, 4) is 6.07 Å². The van der Waals surface area contributed by atoms with E-state index >= 15 is 0 Å². The highest BCUT2D eigenvalue weighted by molar-refractivity contribution is 7.86. The Balaban J connectivity index is 4.14. The Morgan fingerprint density at radius 2 is 2.27 bits per heavy atom. The van der Waals surface area contributed by atoms with Crippen molar-refractivity contribution in [2.24, 2.45) is 0 Å². The molecule has 64 valence electrons. The highest BCUT2D eigenvalue weighted by Gasteiger charge is 2.27. The Hall–Kier alpha value is -0.0700. The van der Waals surface area contributed by atoms with Crippen molar-refractivity contribution in [3.63, 3.8) is 0 Å². The number of nitriles is 1. The molecule has 0 aromatic heterocycles. The topological polar surface area (TPSA) is 40.9 Å². The zero-order valence-electron chi connectivity index (χ0n) is 6.76. The molecular formula is C7H12ClNOS. The monoisotopic (exact) mass is 193 g/mol. The van der Waals surface area contributed by atoms with Crippen LogP contribution in [0.5, 0.6) is 0 Å². The van der Waals surface area contributed by atoms with Gasteiger partial charge < -0.3 is 0 Å². The number of halogens is 1. The molecule has 0 amide bonds. The molecule has 0 saturated carbocycles. The average molecular weight is 194 g/mol. The minimum absolute atomic E-state index is 0.522. The molecule has 0 spiro atoms. The van der Waals surface area contributed by atoms with Crippen LogP contribution in [-0.4, -0.2) is 21.1 Å². The minimum atomic E-state index is -1.09.